The minimum absolute atomic E-state index is 0.0000325. The summed E-state index contributed by atoms with van der Waals surface area (Å²) in [5, 5.41) is 2.64. The molecule has 20 heavy (non-hydrogen) atoms. The van der Waals surface area contributed by atoms with Crippen molar-refractivity contribution in [2.75, 3.05) is 26.2 Å². The molecule has 0 atom stereocenters. The van der Waals surface area contributed by atoms with Gasteiger partial charge in [0.15, 0.2) is 0 Å². The molecule has 1 saturated heterocycles. The Kier molecular flexibility index (Phi) is 4.33. The summed E-state index contributed by atoms with van der Waals surface area (Å²) in [7, 11) is 0. The molecule has 1 fully saturated rings. The van der Waals surface area contributed by atoms with Gasteiger partial charge in [0.25, 0.3) is 5.91 Å². The molecule has 0 unspecified atom stereocenters. The van der Waals surface area contributed by atoms with Crippen LogP contribution in [-0.4, -0.2) is 42.9 Å². The number of carbonyl (C=O) groups excluding carboxylic acids is 2. The van der Waals surface area contributed by atoms with Gasteiger partial charge in [0.05, 0.1) is 18.7 Å². The number of benzene rings is 1. The van der Waals surface area contributed by atoms with E-state index in [4.69, 9.17) is 5.73 Å². The topological polar surface area (TPSA) is 75.4 Å². The van der Waals surface area contributed by atoms with Crippen LogP contribution in [0.15, 0.2) is 18.2 Å². The average molecular weight is 275 g/mol. The molecule has 104 valence electrons. The third-order valence-electron chi connectivity index (χ3n) is 2.86. The molecule has 1 aliphatic rings. The predicted octanol–water partition coefficient (Wildman–Crippen LogP) is -0.292. The second-order valence-corrected chi connectivity index (χ2v) is 4.27. The molecule has 0 spiro atoms. The highest BCUT2D eigenvalue weighted by atomic mass is 19.1. The molecule has 5 nitrogen and oxygen atoms in total. The van der Waals surface area contributed by atoms with E-state index in [1.807, 2.05) is 0 Å². The average Bonchev–Trinajstić information content (AvgIpc) is 2.44. The summed E-state index contributed by atoms with van der Waals surface area (Å²) in [4.78, 5) is 25.1. The Morgan fingerprint density at radius 3 is 3.00 bits per heavy atom. The number of carbonyl (C=O) groups is 2. The lowest BCUT2D eigenvalue weighted by Gasteiger charge is -2.27. The van der Waals surface area contributed by atoms with Crippen molar-refractivity contribution in [2.45, 2.75) is 0 Å². The summed E-state index contributed by atoms with van der Waals surface area (Å²) < 4.78 is 13.3. The monoisotopic (exact) mass is 275 g/mol. The van der Waals surface area contributed by atoms with Gasteiger partial charge in [-0.2, -0.15) is 0 Å². The van der Waals surface area contributed by atoms with Crippen LogP contribution in [0.2, 0.25) is 0 Å². The molecule has 2 rings (SSSR count). The van der Waals surface area contributed by atoms with Crippen molar-refractivity contribution in [3.63, 3.8) is 0 Å². The zero-order valence-electron chi connectivity index (χ0n) is 10.8. The number of amides is 2. The Morgan fingerprint density at radius 2 is 2.30 bits per heavy atom. The van der Waals surface area contributed by atoms with E-state index in [0.29, 0.717) is 13.1 Å². The van der Waals surface area contributed by atoms with Crippen molar-refractivity contribution < 1.29 is 14.0 Å². The maximum atomic E-state index is 13.3. The van der Waals surface area contributed by atoms with Crippen molar-refractivity contribution in [1.29, 1.82) is 0 Å². The van der Waals surface area contributed by atoms with Gasteiger partial charge in [0.2, 0.25) is 5.91 Å². The number of piperazine rings is 1. The molecule has 0 radical (unpaired) electrons. The second-order valence-electron chi connectivity index (χ2n) is 4.27. The van der Waals surface area contributed by atoms with Crippen molar-refractivity contribution >= 4 is 11.8 Å². The molecular formula is C14H14FN3O2. The summed E-state index contributed by atoms with van der Waals surface area (Å²) >= 11 is 0. The number of hydrogen-bond donors (Lipinski definition) is 2. The number of hydrogen-bond acceptors (Lipinski definition) is 3. The molecule has 1 aromatic rings. The van der Waals surface area contributed by atoms with E-state index < -0.39 is 5.82 Å². The van der Waals surface area contributed by atoms with Gasteiger partial charge in [0.1, 0.15) is 5.82 Å². The highest BCUT2D eigenvalue weighted by molar-refractivity contribution is 5.99. The van der Waals surface area contributed by atoms with Crippen molar-refractivity contribution in [1.82, 2.24) is 10.2 Å². The molecule has 0 aromatic heterocycles. The van der Waals surface area contributed by atoms with Gasteiger partial charge in [-0.3, -0.25) is 9.59 Å². The Morgan fingerprint density at radius 1 is 1.50 bits per heavy atom. The van der Waals surface area contributed by atoms with Gasteiger partial charge in [-0.15, -0.1) is 0 Å². The first-order valence-corrected chi connectivity index (χ1v) is 6.16. The fourth-order valence-electron chi connectivity index (χ4n) is 1.93. The second kappa shape index (κ2) is 6.17. The minimum atomic E-state index is -0.473. The van der Waals surface area contributed by atoms with Crippen LogP contribution in [-0.2, 0) is 4.79 Å². The van der Waals surface area contributed by atoms with Crippen LogP contribution in [0.1, 0.15) is 15.9 Å². The van der Waals surface area contributed by atoms with E-state index in [1.165, 1.54) is 23.1 Å². The molecule has 0 bridgehead atoms. The zero-order chi connectivity index (χ0) is 14.5. The zero-order valence-corrected chi connectivity index (χ0v) is 10.8. The van der Waals surface area contributed by atoms with Crippen LogP contribution in [0.3, 0.4) is 0 Å². The van der Waals surface area contributed by atoms with Crippen molar-refractivity contribution in [2.24, 2.45) is 5.73 Å². The SMILES string of the molecule is NCC#Cc1cc(F)ccc1C(=O)N1CCNC(=O)C1. The van der Waals surface area contributed by atoms with Gasteiger partial charge in [-0.25, -0.2) is 4.39 Å². The summed E-state index contributed by atoms with van der Waals surface area (Å²) in [5.74, 6) is 4.27. The third-order valence-corrected chi connectivity index (χ3v) is 2.86. The summed E-state index contributed by atoms with van der Waals surface area (Å²) in [6, 6.07) is 3.77. The number of nitrogens with zero attached hydrogens (tertiary/aromatic N) is 1. The first-order valence-electron chi connectivity index (χ1n) is 6.16. The van der Waals surface area contributed by atoms with Gasteiger partial charge in [-0.1, -0.05) is 11.8 Å². The van der Waals surface area contributed by atoms with E-state index in [0.717, 1.165) is 0 Å². The third kappa shape index (κ3) is 3.13. The molecule has 1 aromatic carbocycles. The maximum Gasteiger partial charge on any atom is 0.255 e. The molecule has 1 aliphatic heterocycles. The Bertz CT molecular complexity index is 604. The summed E-state index contributed by atoms with van der Waals surface area (Å²) in [6.07, 6.45) is 0. The summed E-state index contributed by atoms with van der Waals surface area (Å²) in [5.41, 5.74) is 5.85. The lowest BCUT2D eigenvalue weighted by molar-refractivity contribution is -0.123. The molecule has 0 aliphatic carbocycles. The first kappa shape index (κ1) is 14.0. The highest BCUT2D eigenvalue weighted by Crippen LogP contribution is 2.14. The van der Waals surface area contributed by atoms with Crippen molar-refractivity contribution in [3.05, 3.63) is 35.1 Å². The van der Waals surface area contributed by atoms with Crippen molar-refractivity contribution in [3.8, 4) is 11.8 Å². The largest absolute Gasteiger partial charge is 0.353 e. The lowest BCUT2D eigenvalue weighted by Crippen LogP contribution is -2.50. The van der Waals surface area contributed by atoms with Gasteiger partial charge in [-0.05, 0) is 18.2 Å². The minimum Gasteiger partial charge on any atom is -0.353 e. The smallest absolute Gasteiger partial charge is 0.255 e. The Labute approximate surface area is 115 Å². The van der Waals surface area contributed by atoms with Gasteiger partial charge in [0, 0.05) is 18.7 Å². The molecule has 2 amide bonds. The molecule has 3 N–H and O–H groups in total. The van der Waals surface area contributed by atoms with E-state index in [9.17, 15) is 14.0 Å². The van der Waals surface area contributed by atoms with E-state index >= 15 is 0 Å². The molecular weight excluding hydrogens is 261 g/mol. The quantitative estimate of drug-likeness (QED) is 0.691. The van der Waals surface area contributed by atoms with Crippen LogP contribution in [0, 0.1) is 17.7 Å². The number of halogens is 1. The van der Waals surface area contributed by atoms with Crippen LogP contribution >= 0.6 is 0 Å². The van der Waals surface area contributed by atoms with E-state index in [2.05, 4.69) is 17.2 Å². The summed E-state index contributed by atoms with van der Waals surface area (Å²) in [6.45, 7) is 0.956. The highest BCUT2D eigenvalue weighted by Gasteiger charge is 2.23. The van der Waals surface area contributed by atoms with Crippen LogP contribution in [0.25, 0.3) is 0 Å². The number of nitrogens with one attached hydrogen (secondary N) is 1. The Hall–Kier alpha value is -2.39. The molecule has 0 saturated carbocycles. The molecule has 1 heterocycles. The Balaban J connectivity index is 2.31. The first-order chi connectivity index (χ1) is 9.61. The normalized spacial score (nSPS) is 14.3. The molecule has 6 heteroatoms. The van der Waals surface area contributed by atoms with Crippen LogP contribution in [0.4, 0.5) is 4.39 Å². The fraction of sp³-hybridized carbons (Fsp3) is 0.286. The number of rotatable bonds is 1. The standard InChI is InChI=1S/C14H14FN3O2/c15-11-3-4-12(10(8-11)2-1-5-16)14(20)18-7-6-17-13(19)9-18/h3-4,8H,5-7,9,16H2,(H,17,19). The lowest BCUT2D eigenvalue weighted by atomic mass is 10.1. The number of nitrogens with two attached hydrogens (primary N) is 1. The van der Waals surface area contributed by atoms with Gasteiger partial charge >= 0.3 is 0 Å². The van der Waals surface area contributed by atoms with Crippen LogP contribution in [0.5, 0.6) is 0 Å². The predicted molar refractivity (Wildman–Crippen MR) is 71.2 cm³/mol. The van der Waals surface area contributed by atoms with E-state index in [-0.39, 0.29) is 36.0 Å². The van der Waals surface area contributed by atoms with Crippen LogP contribution < -0.4 is 11.1 Å². The van der Waals surface area contributed by atoms with Gasteiger partial charge < -0.3 is 16.0 Å². The van der Waals surface area contributed by atoms with E-state index in [1.54, 1.807) is 0 Å². The maximum absolute atomic E-state index is 13.3. The fourth-order valence-corrected chi connectivity index (χ4v) is 1.93.